The van der Waals surface area contributed by atoms with Crippen LogP contribution in [0.25, 0.3) is 11.1 Å². The van der Waals surface area contributed by atoms with Crippen LogP contribution in [0.2, 0.25) is 0 Å². The highest BCUT2D eigenvalue weighted by molar-refractivity contribution is 7.98. The molecule has 20 heavy (non-hydrogen) atoms. The number of carboxylic acids is 1. The largest absolute Gasteiger partial charge is 0.493 e. The van der Waals surface area contributed by atoms with Crippen molar-refractivity contribution in [3.05, 3.63) is 48.0 Å². The molecule has 0 aliphatic rings. The molecular formula is C16H16O3S. The van der Waals surface area contributed by atoms with E-state index >= 15 is 0 Å². The Kier molecular flexibility index (Phi) is 4.69. The molecule has 2 rings (SSSR count). The Labute approximate surface area is 122 Å². The van der Waals surface area contributed by atoms with Crippen molar-refractivity contribution < 1.29 is 14.6 Å². The molecule has 104 valence electrons. The topological polar surface area (TPSA) is 46.5 Å². The molecule has 0 fully saturated rings. The Hall–Kier alpha value is -1.94. The fourth-order valence-electron chi connectivity index (χ4n) is 2.03. The van der Waals surface area contributed by atoms with Crippen molar-refractivity contribution in [3.8, 4) is 16.9 Å². The average Bonchev–Trinajstić information content (AvgIpc) is 2.47. The fraction of sp³-hybridized carbons (Fsp3) is 0.188. The molecule has 0 heterocycles. The minimum atomic E-state index is -0.975. The van der Waals surface area contributed by atoms with E-state index in [0.29, 0.717) is 12.4 Å². The second-order valence-electron chi connectivity index (χ2n) is 4.15. The number of ether oxygens (including phenoxy) is 1. The maximum Gasteiger partial charge on any atom is 0.339 e. The van der Waals surface area contributed by atoms with Gasteiger partial charge in [-0.3, -0.25) is 0 Å². The molecule has 0 aliphatic heterocycles. The van der Waals surface area contributed by atoms with E-state index in [9.17, 15) is 9.90 Å². The lowest BCUT2D eigenvalue weighted by molar-refractivity contribution is 0.0692. The van der Waals surface area contributed by atoms with E-state index in [-0.39, 0.29) is 5.56 Å². The van der Waals surface area contributed by atoms with E-state index in [1.807, 2.05) is 43.5 Å². The van der Waals surface area contributed by atoms with Crippen LogP contribution in [0.4, 0.5) is 0 Å². The highest BCUT2D eigenvalue weighted by Gasteiger charge is 2.14. The van der Waals surface area contributed by atoms with Gasteiger partial charge < -0.3 is 9.84 Å². The van der Waals surface area contributed by atoms with Crippen LogP contribution in [0.1, 0.15) is 17.3 Å². The Morgan fingerprint density at radius 1 is 1.25 bits per heavy atom. The SMILES string of the molecule is CCOc1ccc(-c2ccccc2SC)cc1C(=O)O. The summed E-state index contributed by atoms with van der Waals surface area (Å²) in [5.41, 5.74) is 2.11. The third-order valence-corrected chi connectivity index (χ3v) is 3.72. The van der Waals surface area contributed by atoms with Crippen molar-refractivity contribution in [2.24, 2.45) is 0 Å². The van der Waals surface area contributed by atoms with E-state index in [1.165, 1.54) is 0 Å². The zero-order chi connectivity index (χ0) is 14.5. The maximum atomic E-state index is 11.3. The molecule has 0 unspecified atom stereocenters. The average molecular weight is 288 g/mol. The van der Waals surface area contributed by atoms with E-state index in [1.54, 1.807) is 23.9 Å². The smallest absolute Gasteiger partial charge is 0.339 e. The monoisotopic (exact) mass is 288 g/mol. The summed E-state index contributed by atoms with van der Waals surface area (Å²) in [6.45, 7) is 2.28. The minimum absolute atomic E-state index is 0.195. The van der Waals surface area contributed by atoms with Crippen LogP contribution in [0.3, 0.4) is 0 Å². The number of rotatable bonds is 5. The van der Waals surface area contributed by atoms with Gasteiger partial charge in [-0.2, -0.15) is 0 Å². The summed E-state index contributed by atoms with van der Waals surface area (Å²) in [6.07, 6.45) is 2.01. The number of thioether (sulfide) groups is 1. The number of hydrogen-bond donors (Lipinski definition) is 1. The highest BCUT2D eigenvalue weighted by Crippen LogP contribution is 2.32. The van der Waals surface area contributed by atoms with Crippen LogP contribution in [-0.4, -0.2) is 23.9 Å². The normalized spacial score (nSPS) is 10.3. The van der Waals surface area contributed by atoms with E-state index in [0.717, 1.165) is 16.0 Å². The summed E-state index contributed by atoms with van der Waals surface area (Å²) < 4.78 is 5.36. The zero-order valence-electron chi connectivity index (χ0n) is 11.4. The van der Waals surface area contributed by atoms with Crippen molar-refractivity contribution in [3.63, 3.8) is 0 Å². The standard InChI is InChI=1S/C16H16O3S/c1-3-19-14-9-8-11(10-13(14)16(17)18)12-6-4-5-7-15(12)20-2/h4-10H,3H2,1-2H3,(H,17,18). The first kappa shape index (κ1) is 14.5. The number of aromatic carboxylic acids is 1. The van der Waals surface area contributed by atoms with Crippen molar-refractivity contribution >= 4 is 17.7 Å². The van der Waals surface area contributed by atoms with Crippen molar-refractivity contribution in [1.29, 1.82) is 0 Å². The predicted molar refractivity (Wildman–Crippen MR) is 81.8 cm³/mol. The first-order valence-corrected chi connectivity index (χ1v) is 7.53. The van der Waals surface area contributed by atoms with Crippen LogP contribution in [0, 0.1) is 0 Å². The number of hydrogen-bond acceptors (Lipinski definition) is 3. The first-order chi connectivity index (χ1) is 9.67. The van der Waals surface area contributed by atoms with Crippen molar-refractivity contribution in [1.82, 2.24) is 0 Å². The minimum Gasteiger partial charge on any atom is -0.493 e. The summed E-state index contributed by atoms with van der Waals surface area (Å²) in [4.78, 5) is 12.5. The molecule has 0 amide bonds. The zero-order valence-corrected chi connectivity index (χ0v) is 12.2. The highest BCUT2D eigenvalue weighted by atomic mass is 32.2. The Morgan fingerprint density at radius 3 is 2.65 bits per heavy atom. The van der Waals surface area contributed by atoms with E-state index in [2.05, 4.69) is 0 Å². The van der Waals surface area contributed by atoms with E-state index in [4.69, 9.17) is 4.74 Å². The third kappa shape index (κ3) is 2.96. The lowest BCUT2D eigenvalue weighted by Gasteiger charge is -2.11. The van der Waals surface area contributed by atoms with E-state index < -0.39 is 5.97 Å². The molecule has 0 bridgehead atoms. The molecule has 0 saturated heterocycles. The van der Waals surface area contributed by atoms with Gasteiger partial charge >= 0.3 is 5.97 Å². The Balaban J connectivity index is 2.53. The molecule has 0 aromatic heterocycles. The Morgan fingerprint density at radius 2 is 2.00 bits per heavy atom. The van der Waals surface area contributed by atoms with Crippen LogP contribution in [0.5, 0.6) is 5.75 Å². The van der Waals surface area contributed by atoms with Gasteiger partial charge in [-0.15, -0.1) is 11.8 Å². The van der Waals surface area contributed by atoms with Crippen molar-refractivity contribution in [2.75, 3.05) is 12.9 Å². The second kappa shape index (κ2) is 6.48. The van der Waals surface area contributed by atoms with Gasteiger partial charge in [0.15, 0.2) is 0 Å². The summed E-state index contributed by atoms with van der Waals surface area (Å²) >= 11 is 1.64. The molecular weight excluding hydrogens is 272 g/mol. The third-order valence-electron chi connectivity index (χ3n) is 2.93. The lowest BCUT2D eigenvalue weighted by atomic mass is 10.0. The Bertz CT molecular complexity index is 623. The van der Waals surface area contributed by atoms with Gasteiger partial charge in [-0.05, 0) is 42.5 Å². The summed E-state index contributed by atoms with van der Waals surface area (Å²) in [5.74, 6) is -0.567. The summed E-state index contributed by atoms with van der Waals surface area (Å²) in [7, 11) is 0. The van der Waals surface area contributed by atoms with Crippen LogP contribution >= 0.6 is 11.8 Å². The van der Waals surface area contributed by atoms with Gasteiger partial charge in [-0.25, -0.2) is 4.79 Å². The lowest BCUT2D eigenvalue weighted by Crippen LogP contribution is -2.03. The number of carbonyl (C=O) groups is 1. The fourth-order valence-corrected chi connectivity index (χ4v) is 2.65. The molecule has 3 nitrogen and oxygen atoms in total. The van der Waals surface area contributed by atoms with Crippen molar-refractivity contribution in [2.45, 2.75) is 11.8 Å². The molecule has 2 aromatic carbocycles. The van der Waals surface area contributed by atoms with Gasteiger partial charge in [0.05, 0.1) is 6.61 Å². The first-order valence-electron chi connectivity index (χ1n) is 6.31. The summed E-state index contributed by atoms with van der Waals surface area (Å²) in [6, 6.07) is 13.2. The van der Waals surface area contributed by atoms with Crippen LogP contribution in [-0.2, 0) is 0 Å². The molecule has 0 saturated carbocycles. The van der Waals surface area contributed by atoms with Gasteiger partial charge in [0.25, 0.3) is 0 Å². The number of benzene rings is 2. The van der Waals surface area contributed by atoms with Crippen LogP contribution < -0.4 is 4.74 Å². The molecule has 0 spiro atoms. The molecule has 0 radical (unpaired) electrons. The quantitative estimate of drug-likeness (QED) is 0.839. The molecule has 1 N–H and O–H groups in total. The molecule has 0 atom stereocenters. The number of carboxylic acid groups (broad SMARTS) is 1. The maximum absolute atomic E-state index is 11.3. The van der Waals surface area contributed by atoms with Gasteiger partial charge in [0.2, 0.25) is 0 Å². The molecule has 0 aliphatic carbocycles. The predicted octanol–water partition coefficient (Wildman–Crippen LogP) is 4.17. The molecule has 4 heteroatoms. The van der Waals surface area contributed by atoms with Crippen LogP contribution in [0.15, 0.2) is 47.4 Å². The second-order valence-corrected chi connectivity index (χ2v) is 5.00. The van der Waals surface area contributed by atoms with Gasteiger partial charge in [-0.1, -0.05) is 24.3 Å². The summed E-state index contributed by atoms with van der Waals surface area (Å²) in [5, 5.41) is 9.30. The van der Waals surface area contributed by atoms with Gasteiger partial charge in [0.1, 0.15) is 11.3 Å². The van der Waals surface area contributed by atoms with Gasteiger partial charge in [0, 0.05) is 4.90 Å². The molecule has 2 aromatic rings.